The minimum atomic E-state index is -0.312. The van der Waals surface area contributed by atoms with Crippen LogP contribution in [0, 0.1) is 12.8 Å². The average molecular weight is 391 g/mol. The minimum absolute atomic E-state index is 0.0522. The molecule has 150 valence electrons. The average Bonchev–Trinajstić information content (AvgIpc) is 3.12. The number of carbonyl (C=O) groups excluding carboxylic acids is 2. The van der Waals surface area contributed by atoms with E-state index in [0.717, 1.165) is 11.1 Å². The third kappa shape index (κ3) is 5.54. The van der Waals surface area contributed by atoms with E-state index in [4.69, 9.17) is 4.52 Å². The second kappa shape index (κ2) is 9.19. The molecule has 0 spiro atoms. The van der Waals surface area contributed by atoms with E-state index in [2.05, 4.69) is 10.5 Å². The van der Waals surface area contributed by atoms with Crippen molar-refractivity contribution in [1.82, 2.24) is 10.1 Å². The zero-order chi connectivity index (χ0) is 20.8. The highest BCUT2D eigenvalue weighted by molar-refractivity contribution is 5.99. The predicted octanol–water partition coefficient (Wildman–Crippen LogP) is 4.39. The lowest BCUT2D eigenvalue weighted by molar-refractivity contribution is -0.117. The van der Waals surface area contributed by atoms with Gasteiger partial charge in [-0.1, -0.05) is 61.5 Å². The fourth-order valence-corrected chi connectivity index (χ4v) is 3.06. The SMILES string of the molecule is Cc1cc(NC(=O)CN(CC(C)C)C(=O)c2ccc(-c3ccccc3)cc2)no1. The predicted molar refractivity (Wildman–Crippen MR) is 112 cm³/mol. The van der Waals surface area contributed by atoms with Gasteiger partial charge in [-0.2, -0.15) is 0 Å². The zero-order valence-corrected chi connectivity index (χ0v) is 16.9. The molecule has 0 bridgehead atoms. The van der Waals surface area contributed by atoms with Crippen molar-refractivity contribution in [1.29, 1.82) is 0 Å². The Labute approximate surface area is 170 Å². The molecular formula is C23H25N3O3. The molecule has 0 aliphatic heterocycles. The lowest BCUT2D eigenvalue weighted by atomic mass is 10.0. The van der Waals surface area contributed by atoms with E-state index < -0.39 is 0 Å². The van der Waals surface area contributed by atoms with Gasteiger partial charge in [-0.15, -0.1) is 0 Å². The summed E-state index contributed by atoms with van der Waals surface area (Å²) < 4.78 is 4.95. The molecule has 2 amide bonds. The van der Waals surface area contributed by atoms with E-state index in [1.807, 2.05) is 56.3 Å². The normalized spacial score (nSPS) is 10.8. The number of aryl methyl sites for hydroxylation is 1. The van der Waals surface area contributed by atoms with Gasteiger partial charge in [0.05, 0.1) is 0 Å². The van der Waals surface area contributed by atoms with Crippen LogP contribution in [0.2, 0.25) is 0 Å². The summed E-state index contributed by atoms with van der Waals surface area (Å²) in [6.07, 6.45) is 0. The Hall–Kier alpha value is -3.41. The fourth-order valence-electron chi connectivity index (χ4n) is 3.06. The maximum absolute atomic E-state index is 13.0. The van der Waals surface area contributed by atoms with Gasteiger partial charge < -0.3 is 14.7 Å². The van der Waals surface area contributed by atoms with Gasteiger partial charge in [-0.05, 0) is 36.1 Å². The van der Waals surface area contributed by atoms with Crippen LogP contribution in [0.1, 0.15) is 30.0 Å². The monoisotopic (exact) mass is 391 g/mol. The molecule has 3 rings (SSSR count). The highest BCUT2D eigenvalue weighted by Crippen LogP contribution is 2.20. The van der Waals surface area contributed by atoms with Gasteiger partial charge in [0.1, 0.15) is 12.3 Å². The second-order valence-corrected chi connectivity index (χ2v) is 7.39. The molecule has 0 unspecified atom stereocenters. The molecule has 1 N–H and O–H groups in total. The number of hydrogen-bond acceptors (Lipinski definition) is 4. The van der Waals surface area contributed by atoms with Crippen LogP contribution < -0.4 is 5.32 Å². The molecule has 1 heterocycles. The number of anilines is 1. The smallest absolute Gasteiger partial charge is 0.254 e. The number of benzene rings is 2. The van der Waals surface area contributed by atoms with Crippen LogP contribution in [-0.4, -0.2) is 35.0 Å². The summed E-state index contributed by atoms with van der Waals surface area (Å²) in [7, 11) is 0. The van der Waals surface area contributed by atoms with Crippen molar-refractivity contribution in [2.24, 2.45) is 5.92 Å². The molecule has 3 aromatic rings. The van der Waals surface area contributed by atoms with Gasteiger partial charge in [-0.25, -0.2) is 0 Å². The summed E-state index contributed by atoms with van der Waals surface area (Å²) in [5.41, 5.74) is 2.68. The van der Waals surface area contributed by atoms with E-state index in [0.29, 0.717) is 23.7 Å². The van der Waals surface area contributed by atoms with Crippen molar-refractivity contribution in [3.05, 3.63) is 72.0 Å². The summed E-state index contributed by atoms with van der Waals surface area (Å²) in [6.45, 7) is 6.19. The van der Waals surface area contributed by atoms with Crippen molar-refractivity contribution < 1.29 is 14.1 Å². The van der Waals surface area contributed by atoms with Crippen LogP contribution in [0.5, 0.6) is 0 Å². The molecule has 0 fully saturated rings. The van der Waals surface area contributed by atoms with Crippen LogP contribution in [-0.2, 0) is 4.79 Å². The first-order chi connectivity index (χ1) is 13.9. The Morgan fingerprint density at radius 3 is 2.28 bits per heavy atom. The highest BCUT2D eigenvalue weighted by Gasteiger charge is 2.20. The number of nitrogens with zero attached hydrogens (tertiary/aromatic N) is 2. The molecule has 0 aliphatic carbocycles. The topological polar surface area (TPSA) is 75.4 Å². The summed E-state index contributed by atoms with van der Waals surface area (Å²) in [5, 5.41) is 6.42. The highest BCUT2D eigenvalue weighted by atomic mass is 16.5. The Kier molecular flexibility index (Phi) is 6.44. The van der Waals surface area contributed by atoms with Gasteiger partial charge in [0.15, 0.2) is 5.82 Å². The quantitative estimate of drug-likeness (QED) is 0.648. The minimum Gasteiger partial charge on any atom is -0.360 e. The molecule has 2 aromatic carbocycles. The first kappa shape index (κ1) is 20.3. The number of hydrogen-bond donors (Lipinski definition) is 1. The molecule has 6 heteroatoms. The lowest BCUT2D eigenvalue weighted by Crippen LogP contribution is -2.40. The Morgan fingerprint density at radius 2 is 1.69 bits per heavy atom. The first-order valence-electron chi connectivity index (χ1n) is 9.60. The van der Waals surface area contributed by atoms with Gasteiger partial charge >= 0.3 is 0 Å². The molecule has 6 nitrogen and oxygen atoms in total. The molecular weight excluding hydrogens is 366 g/mol. The molecule has 29 heavy (non-hydrogen) atoms. The van der Waals surface area contributed by atoms with E-state index in [-0.39, 0.29) is 24.3 Å². The van der Waals surface area contributed by atoms with Gasteiger partial charge in [0.2, 0.25) is 5.91 Å². The molecule has 1 aromatic heterocycles. The fraction of sp³-hybridized carbons (Fsp3) is 0.261. The third-order valence-corrected chi connectivity index (χ3v) is 4.34. The lowest BCUT2D eigenvalue weighted by Gasteiger charge is -2.24. The molecule has 0 radical (unpaired) electrons. The summed E-state index contributed by atoms with van der Waals surface area (Å²) >= 11 is 0. The van der Waals surface area contributed by atoms with E-state index in [9.17, 15) is 9.59 Å². The third-order valence-electron chi connectivity index (χ3n) is 4.34. The molecule has 0 atom stereocenters. The summed E-state index contributed by atoms with van der Waals surface area (Å²) in [6, 6.07) is 19.1. The van der Waals surface area contributed by atoms with Crippen LogP contribution in [0.15, 0.2) is 65.2 Å². The van der Waals surface area contributed by atoms with Crippen molar-refractivity contribution in [2.75, 3.05) is 18.4 Å². The maximum Gasteiger partial charge on any atom is 0.254 e. The van der Waals surface area contributed by atoms with Gasteiger partial charge in [-0.3, -0.25) is 9.59 Å². The molecule has 0 saturated carbocycles. The van der Waals surface area contributed by atoms with Crippen molar-refractivity contribution in [2.45, 2.75) is 20.8 Å². The number of rotatable bonds is 7. The van der Waals surface area contributed by atoms with Gasteiger partial charge in [0, 0.05) is 18.2 Å². The van der Waals surface area contributed by atoms with E-state index in [1.165, 1.54) is 0 Å². The Balaban J connectivity index is 1.72. The molecule has 0 aliphatic rings. The Bertz CT molecular complexity index is 963. The van der Waals surface area contributed by atoms with E-state index in [1.54, 1.807) is 30.0 Å². The zero-order valence-electron chi connectivity index (χ0n) is 16.9. The number of amides is 2. The van der Waals surface area contributed by atoms with Crippen molar-refractivity contribution in [3.8, 4) is 11.1 Å². The van der Waals surface area contributed by atoms with Crippen LogP contribution in [0.3, 0.4) is 0 Å². The summed E-state index contributed by atoms with van der Waals surface area (Å²) in [4.78, 5) is 27.0. The van der Waals surface area contributed by atoms with Crippen molar-refractivity contribution >= 4 is 17.6 Å². The Morgan fingerprint density at radius 1 is 1.03 bits per heavy atom. The van der Waals surface area contributed by atoms with Crippen molar-refractivity contribution in [3.63, 3.8) is 0 Å². The standard InChI is InChI=1S/C23H25N3O3/c1-16(2)14-26(15-22(27)24-21-13-17(3)29-25-21)23(28)20-11-9-19(10-12-20)18-7-5-4-6-8-18/h4-13,16H,14-15H2,1-3H3,(H,24,25,27). The largest absolute Gasteiger partial charge is 0.360 e. The summed E-state index contributed by atoms with van der Waals surface area (Å²) in [5.74, 6) is 0.688. The van der Waals surface area contributed by atoms with Crippen LogP contribution in [0.4, 0.5) is 5.82 Å². The van der Waals surface area contributed by atoms with Gasteiger partial charge in [0.25, 0.3) is 5.91 Å². The second-order valence-electron chi connectivity index (χ2n) is 7.39. The maximum atomic E-state index is 13.0. The first-order valence-corrected chi connectivity index (χ1v) is 9.60. The van der Waals surface area contributed by atoms with E-state index >= 15 is 0 Å². The number of nitrogens with one attached hydrogen (secondary N) is 1. The van der Waals surface area contributed by atoms with Crippen LogP contribution >= 0.6 is 0 Å². The van der Waals surface area contributed by atoms with Crippen LogP contribution in [0.25, 0.3) is 11.1 Å². The number of carbonyl (C=O) groups is 2. The number of aromatic nitrogens is 1. The molecule has 0 saturated heterocycles.